The van der Waals surface area contributed by atoms with Crippen LogP contribution in [0.15, 0.2) is 30.6 Å². The Hall–Kier alpha value is -1.39. The van der Waals surface area contributed by atoms with Gasteiger partial charge in [0.2, 0.25) is 0 Å². The molecule has 0 aliphatic carbocycles. The fraction of sp³-hybridized carbons (Fsp3) is 0.286. The van der Waals surface area contributed by atoms with Crippen LogP contribution in [0.3, 0.4) is 0 Å². The number of nitrogens with one attached hydrogen (secondary N) is 1. The lowest BCUT2D eigenvalue weighted by Crippen LogP contribution is -2.08. The van der Waals surface area contributed by atoms with Crippen LogP contribution in [0.4, 0.5) is 10.2 Å². The van der Waals surface area contributed by atoms with Gasteiger partial charge in [-0.15, -0.1) is 11.6 Å². The molecule has 0 aliphatic heterocycles. The van der Waals surface area contributed by atoms with Crippen LogP contribution < -0.4 is 5.32 Å². The van der Waals surface area contributed by atoms with Crippen molar-refractivity contribution in [2.24, 2.45) is 0 Å². The Balaban J connectivity index is 1.97. The zero-order chi connectivity index (χ0) is 14.5. The van der Waals surface area contributed by atoms with Gasteiger partial charge in [-0.1, -0.05) is 23.7 Å². The average molecular weight is 314 g/mol. The van der Waals surface area contributed by atoms with Gasteiger partial charge < -0.3 is 5.32 Å². The molecule has 1 aromatic heterocycles. The van der Waals surface area contributed by atoms with Crippen LogP contribution in [0.1, 0.15) is 23.6 Å². The van der Waals surface area contributed by atoms with Crippen LogP contribution >= 0.6 is 23.2 Å². The number of hydrogen-bond donors (Lipinski definition) is 1. The molecule has 0 bridgehead atoms. The van der Waals surface area contributed by atoms with E-state index < -0.39 is 0 Å². The highest BCUT2D eigenvalue weighted by Crippen LogP contribution is 2.29. The Labute approximate surface area is 127 Å². The van der Waals surface area contributed by atoms with E-state index in [1.807, 2.05) is 0 Å². The highest BCUT2D eigenvalue weighted by atomic mass is 35.5. The molecule has 3 nitrogen and oxygen atoms in total. The third kappa shape index (κ3) is 3.81. The van der Waals surface area contributed by atoms with Crippen molar-refractivity contribution in [3.8, 4) is 0 Å². The molecule has 0 saturated carbocycles. The number of aromatic nitrogens is 2. The van der Waals surface area contributed by atoms with E-state index in [2.05, 4.69) is 15.3 Å². The zero-order valence-corrected chi connectivity index (χ0v) is 12.4. The predicted octanol–water partition coefficient (Wildman–Crippen LogP) is 4.22. The van der Waals surface area contributed by atoms with Crippen molar-refractivity contribution in [3.05, 3.63) is 52.7 Å². The quantitative estimate of drug-likeness (QED) is 0.840. The summed E-state index contributed by atoms with van der Waals surface area (Å²) in [5.74, 6) is 0.326. The second kappa shape index (κ2) is 6.86. The monoisotopic (exact) mass is 313 g/mol. The number of rotatable bonds is 5. The van der Waals surface area contributed by atoms with E-state index in [1.54, 1.807) is 19.1 Å². The minimum absolute atomic E-state index is 0.235. The highest BCUT2D eigenvalue weighted by molar-refractivity contribution is 6.34. The molecule has 1 atom stereocenters. The molecule has 1 N–H and O–H groups in total. The molecule has 0 spiro atoms. The lowest BCUT2D eigenvalue weighted by molar-refractivity contribution is 0.627. The van der Waals surface area contributed by atoms with Gasteiger partial charge in [0.05, 0.1) is 11.1 Å². The summed E-state index contributed by atoms with van der Waals surface area (Å²) in [5, 5.41) is 3.30. The van der Waals surface area contributed by atoms with Crippen LogP contribution in [-0.2, 0) is 6.42 Å². The molecule has 20 heavy (non-hydrogen) atoms. The van der Waals surface area contributed by atoms with Crippen molar-refractivity contribution in [1.29, 1.82) is 0 Å². The topological polar surface area (TPSA) is 37.8 Å². The molecule has 1 unspecified atom stereocenters. The fourth-order valence-corrected chi connectivity index (χ4v) is 2.31. The molecule has 0 radical (unpaired) electrons. The Kier molecular flexibility index (Phi) is 5.15. The van der Waals surface area contributed by atoms with E-state index in [0.29, 0.717) is 23.1 Å². The van der Waals surface area contributed by atoms with Crippen molar-refractivity contribution < 1.29 is 4.39 Å². The molecular weight excluding hydrogens is 300 g/mol. The zero-order valence-electron chi connectivity index (χ0n) is 10.9. The van der Waals surface area contributed by atoms with Crippen molar-refractivity contribution in [2.45, 2.75) is 18.7 Å². The smallest absolute Gasteiger partial charge is 0.148 e. The summed E-state index contributed by atoms with van der Waals surface area (Å²) in [5.41, 5.74) is 1.64. The summed E-state index contributed by atoms with van der Waals surface area (Å²) in [6.07, 6.45) is 2.17. The van der Waals surface area contributed by atoms with Gasteiger partial charge in [0.15, 0.2) is 0 Å². The third-order valence-corrected chi connectivity index (χ3v) is 3.39. The predicted molar refractivity (Wildman–Crippen MR) is 79.9 cm³/mol. The Morgan fingerprint density at radius 1 is 1.25 bits per heavy atom. The minimum Gasteiger partial charge on any atom is -0.368 e. The van der Waals surface area contributed by atoms with Gasteiger partial charge in [0.25, 0.3) is 0 Å². The van der Waals surface area contributed by atoms with Gasteiger partial charge in [-0.25, -0.2) is 14.4 Å². The number of alkyl halides is 1. The number of anilines is 1. The van der Waals surface area contributed by atoms with Gasteiger partial charge in [-0.3, -0.25) is 0 Å². The first-order valence-electron chi connectivity index (χ1n) is 6.20. The lowest BCUT2D eigenvalue weighted by Gasteiger charge is -2.11. The standard InChI is InChI=1S/C14H14Cl2FN3/c1-9(15)13-12(16)14(20-8-19-13)18-7-6-10-2-4-11(17)5-3-10/h2-5,8-9H,6-7H2,1H3,(H,18,19,20). The molecule has 106 valence electrons. The van der Waals surface area contributed by atoms with Crippen molar-refractivity contribution in [2.75, 3.05) is 11.9 Å². The van der Waals surface area contributed by atoms with Crippen molar-refractivity contribution >= 4 is 29.0 Å². The Morgan fingerprint density at radius 2 is 1.95 bits per heavy atom. The van der Waals surface area contributed by atoms with Crippen LogP contribution in [0, 0.1) is 5.82 Å². The minimum atomic E-state index is -0.275. The molecule has 0 fully saturated rings. The Morgan fingerprint density at radius 3 is 2.60 bits per heavy atom. The molecule has 0 amide bonds. The van der Waals surface area contributed by atoms with Crippen molar-refractivity contribution in [1.82, 2.24) is 9.97 Å². The highest BCUT2D eigenvalue weighted by Gasteiger charge is 2.12. The van der Waals surface area contributed by atoms with Crippen LogP contribution in [0.25, 0.3) is 0 Å². The molecular formula is C14H14Cl2FN3. The molecule has 2 rings (SSSR count). The van der Waals surface area contributed by atoms with Crippen LogP contribution in [0.2, 0.25) is 5.02 Å². The van der Waals surface area contributed by atoms with E-state index in [0.717, 1.165) is 12.0 Å². The first-order chi connectivity index (χ1) is 9.58. The molecule has 1 aromatic carbocycles. The summed E-state index contributed by atoms with van der Waals surface area (Å²) in [7, 11) is 0. The SMILES string of the molecule is CC(Cl)c1ncnc(NCCc2ccc(F)cc2)c1Cl. The first-order valence-corrected chi connectivity index (χ1v) is 7.02. The van der Waals surface area contributed by atoms with Gasteiger partial charge in [0, 0.05) is 6.54 Å². The number of halogens is 3. The summed E-state index contributed by atoms with van der Waals surface area (Å²) in [4.78, 5) is 8.15. The van der Waals surface area contributed by atoms with Crippen LogP contribution in [0.5, 0.6) is 0 Å². The first kappa shape index (κ1) is 15.0. The lowest BCUT2D eigenvalue weighted by atomic mass is 10.1. The summed E-state index contributed by atoms with van der Waals surface area (Å²) < 4.78 is 12.8. The molecule has 1 heterocycles. The normalized spacial score (nSPS) is 12.2. The maximum absolute atomic E-state index is 12.8. The molecule has 0 aliphatic rings. The average Bonchev–Trinajstić information content (AvgIpc) is 2.42. The molecule has 0 saturated heterocycles. The van der Waals surface area contributed by atoms with Gasteiger partial charge >= 0.3 is 0 Å². The van der Waals surface area contributed by atoms with E-state index in [4.69, 9.17) is 23.2 Å². The van der Waals surface area contributed by atoms with Gasteiger partial charge in [-0.2, -0.15) is 0 Å². The largest absolute Gasteiger partial charge is 0.368 e. The maximum atomic E-state index is 12.8. The van der Waals surface area contributed by atoms with E-state index in [1.165, 1.54) is 18.5 Å². The second-order valence-electron chi connectivity index (χ2n) is 4.34. The number of hydrogen-bond acceptors (Lipinski definition) is 3. The molecule has 6 heteroatoms. The third-order valence-electron chi connectivity index (χ3n) is 2.81. The second-order valence-corrected chi connectivity index (χ2v) is 5.37. The molecule has 2 aromatic rings. The summed E-state index contributed by atoms with van der Waals surface area (Å²) in [6, 6.07) is 6.40. The number of benzene rings is 1. The Bertz CT molecular complexity index is 573. The summed E-state index contributed by atoms with van der Waals surface area (Å²) >= 11 is 12.2. The van der Waals surface area contributed by atoms with Gasteiger partial charge in [0.1, 0.15) is 23.0 Å². The number of nitrogens with zero attached hydrogens (tertiary/aromatic N) is 2. The fourth-order valence-electron chi connectivity index (χ4n) is 1.76. The van der Waals surface area contributed by atoms with Gasteiger partial charge in [-0.05, 0) is 31.0 Å². The van der Waals surface area contributed by atoms with E-state index >= 15 is 0 Å². The van der Waals surface area contributed by atoms with E-state index in [9.17, 15) is 4.39 Å². The van der Waals surface area contributed by atoms with Crippen LogP contribution in [-0.4, -0.2) is 16.5 Å². The van der Waals surface area contributed by atoms with Crippen molar-refractivity contribution in [3.63, 3.8) is 0 Å². The van der Waals surface area contributed by atoms with E-state index in [-0.39, 0.29) is 11.2 Å². The summed E-state index contributed by atoms with van der Waals surface area (Å²) in [6.45, 7) is 2.44. The maximum Gasteiger partial charge on any atom is 0.148 e.